The predicted octanol–water partition coefficient (Wildman–Crippen LogP) is 4.74. The van der Waals surface area contributed by atoms with Gasteiger partial charge in [-0.1, -0.05) is 22.0 Å². The van der Waals surface area contributed by atoms with Crippen molar-refractivity contribution in [2.24, 2.45) is 0 Å². The van der Waals surface area contributed by atoms with Crippen molar-refractivity contribution in [3.63, 3.8) is 0 Å². The molecule has 0 bridgehead atoms. The first kappa shape index (κ1) is 15.9. The maximum atomic E-state index is 9.59. The number of benzene rings is 1. The van der Waals surface area contributed by atoms with Crippen LogP contribution in [0.3, 0.4) is 0 Å². The van der Waals surface area contributed by atoms with Gasteiger partial charge in [0, 0.05) is 20.7 Å². The summed E-state index contributed by atoms with van der Waals surface area (Å²) in [4.78, 5) is 1.28. The second-order valence-corrected chi connectivity index (χ2v) is 8.08. The molecule has 1 N–H and O–H groups in total. The van der Waals surface area contributed by atoms with Crippen LogP contribution in [0.4, 0.5) is 0 Å². The second-order valence-electron chi connectivity index (χ2n) is 5.79. The van der Waals surface area contributed by atoms with Crippen molar-refractivity contribution >= 4 is 27.7 Å². The van der Waals surface area contributed by atoms with Crippen molar-refractivity contribution < 1.29 is 0 Å². The lowest BCUT2D eigenvalue weighted by Crippen LogP contribution is -2.51. The molecule has 1 saturated carbocycles. The topological polar surface area (TPSA) is 35.8 Å². The summed E-state index contributed by atoms with van der Waals surface area (Å²) in [6.45, 7) is 4.23. The number of rotatable bonds is 4. The molecule has 1 aliphatic carbocycles. The van der Waals surface area contributed by atoms with Crippen LogP contribution in [0.1, 0.15) is 39.5 Å². The molecule has 2 nitrogen and oxygen atoms in total. The maximum Gasteiger partial charge on any atom is 0.108 e. The van der Waals surface area contributed by atoms with Gasteiger partial charge in [0.25, 0.3) is 0 Å². The second kappa shape index (κ2) is 6.98. The van der Waals surface area contributed by atoms with E-state index >= 15 is 0 Å². The van der Waals surface area contributed by atoms with E-state index in [1.807, 2.05) is 17.8 Å². The average Bonchev–Trinajstić information content (AvgIpc) is 2.38. The highest BCUT2D eigenvalue weighted by molar-refractivity contribution is 9.10. The molecule has 2 rings (SSSR count). The van der Waals surface area contributed by atoms with Crippen molar-refractivity contribution in [1.29, 1.82) is 5.26 Å². The van der Waals surface area contributed by atoms with E-state index in [4.69, 9.17) is 0 Å². The lowest BCUT2D eigenvalue weighted by molar-refractivity contribution is 0.284. The molecule has 1 aliphatic rings. The van der Waals surface area contributed by atoms with E-state index in [0.29, 0.717) is 11.3 Å². The summed E-state index contributed by atoms with van der Waals surface area (Å²) < 4.78 is 1.12. The Hall–Kier alpha value is -0.500. The quantitative estimate of drug-likeness (QED) is 0.849. The zero-order chi connectivity index (χ0) is 14.6. The summed E-state index contributed by atoms with van der Waals surface area (Å²) in [5, 5.41) is 13.6. The van der Waals surface area contributed by atoms with Gasteiger partial charge in [-0.05, 0) is 57.7 Å². The first-order valence-corrected chi connectivity index (χ1v) is 8.81. The Morgan fingerprint density at radius 3 is 2.95 bits per heavy atom. The summed E-state index contributed by atoms with van der Waals surface area (Å²) >= 11 is 5.42. The Morgan fingerprint density at radius 1 is 1.50 bits per heavy atom. The van der Waals surface area contributed by atoms with Gasteiger partial charge >= 0.3 is 0 Å². The van der Waals surface area contributed by atoms with Gasteiger partial charge in [-0.3, -0.25) is 5.32 Å². The van der Waals surface area contributed by atoms with E-state index in [1.54, 1.807) is 0 Å². The van der Waals surface area contributed by atoms with Crippen LogP contribution >= 0.6 is 27.7 Å². The van der Waals surface area contributed by atoms with Crippen LogP contribution in [0.2, 0.25) is 0 Å². The molecular weight excluding hydrogens is 332 g/mol. The first-order chi connectivity index (χ1) is 9.53. The van der Waals surface area contributed by atoms with Gasteiger partial charge < -0.3 is 0 Å². The minimum Gasteiger partial charge on any atom is -0.297 e. The molecule has 0 aliphatic heterocycles. The van der Waals surface area contributed by atoms with Crippen LogP contribution in [0.5, 0.6) is 0 Å². The van der Waals surface area contributed by atoms with E-state index in [0.717, 1.165) is 23.7 Å². The average molecular weight is 353 g/mol. The van der Waals surface area contributed by atoms with Gasteiger partial charge in [-0.2, -0.15) is 5.26 Å². The number of hydrogen-bond acceptors (Lipinski definition) is 3. The zero-order valence-corrected chi connectivity index (χ0v) is 14.4. The molecule has 1 aromatic rings. The highest BCUT2D eigenvalue weighted by atomic mass is 79.9. The third-order valence-electron chi connectivity index (χ3n) is 3.58. The maximum absolute atomic E-state index is 9.59. The predicted molar refractivity (Wildman–Crippen MR) is 88.9 cm³/mol. The van der Waals surface area contributed by atoms with Crippen molar-refractivity contribution in [3.8, 4) is 6.07 Å². The SMILES string of the molecule is CC(C)NC1(C#N)CCCC(Sc2cccc(Br)c2)C1. The minimum absolute atomic E-state index is 0.337. The van der Waals surface area contributed by atoms with Gasteiger partial charge in [-0.15, -0.1) is 11.8 Å². The Kier molecular flexibility index (Phi) is 5.54. The monoisotopic (exact) mass is 352 g/mol. The molecule has 0 amide bonds. The van der Waals surface area contributed by atoms with E-state index in [-0.39, 0.29) is 5.54 Å². The lowest BCUT2D eigenvalue weighted by Gasteiger charge is -2.37. The third kappa shape index (κ3) is 4.25. The Labute approximate surface area is 134 Å². The molecule has 0 heterocycles. The smallest absolute Gasteiger partial charge is 0.108 e. The van der Waals surface area contributed by atoms with Crippen LogP contribution in [0.15, 0.2) is 33.6 Å². The molecule has 2 unspecified atom stereocenters. The van der Waals surface area contributed by atoms with E-state index < -0.39 is 0 Å². The summed E-state index contributed by atoms with van der Waals surface area (Å²) in [7, 11) is 0. The summed E-state index contributed by atoms with van der Waals surface area (Å²) in [5.74, 6) is 0. The highest BCUT2D eigenvalue weighted by Gasteiger charge is 2.37. The Morgan fingerprint density at radius 2 is 2.30 bits per heavy atom. The van der Waals surface area contributed by atoms with Crippen LogP contribution in [-0.4, -0.2) is 16.8 Å². The molecule has 0 spiro atoms. The fraction of sp³-hybridized carbons (Fsp3) is 0.562. The van der Waals surface area contributed by atoms with Crippen LogP contribution in [-0.2, 0) is 0 Å². The van der Waals surface area contributed by atoms with Gasteiger partial charge in [0.05, 0.1) is 6.07 Å². The first-order valence-electron chi connectivity index (χ1n) is 7.14. The van der Waals surface area contributed by atoms with Crippen molar-refractivity contribution in [2.45, 2.75) is 61.3 Å². The van der Waals surface area contributed by atoms with Crippen LogP contribution < -0.4 is 5.32 Å². The molecule has 4 heteroatoms. The van der Waals surface area contributed by atoms with Gasteiger partial charge in [0.1, 0.15) is 5.54 Å². The number of thioether (sulfide) groups is 1. The fourth-order valence-electron chi connectivity index (χ4n) is 2.88. The van der Waals surface area contributed by atoms with Crippen LogP contribution in [0, 0.1) is 11.3 Å². The Balaban J connectivity index is 2.05. The summed E-state index contributed by atoms with van der Waals surface area (Å²) in [5.41, 5.74) is -0.337. The minimum atomic E-state index is -0.337. The number of halogens is 1. The normalized spacial score (nSPS) is 26.4. The van der Waals surface area contributed by atoms with E-state index in [2.05, 4.69) is 59.4 Å². The molecule has 0 saturated heterocycles. The van der Waals surface area contributed by atoms with E-state index in [1.165, 1.54) is 11.3 Å². The summed E-state index contributed by atoms with van der Waals surface area (Å²) in [6.07, 6.45) is 4.22. The fourth-order valence-corrected chi connectivity index (χ4v) is 4.82. The summed E-state index contributed by atoms with van der Waals surface area (Å²) in [6, 6.07) is 11.3. The number of nitrogens with zero attached hydrogens (tertiary/aromatic N) is 1. The van der Waals surface area contributed by atoms with Gasteiger partial charge in [0.15, 0.2) is 0 Å². The molecule has 1 aromatic carbocycles. The van der Waals surface area contributed by atoms with Crippen molar-refractivity contribution in [2.75, 3.05) is 0 Å². The largest absolute Gasteiger partial charge is 0.297 e. The molecule has 1 fully saturated rings. The molecular formula is C16H21BrN2S. The van der Waals surface area contributed by atoms with Gasteiger partial charge in [-0.25, -0.2) is 0 Å². The molecule has 108 valence electrons. The Bertz CT molecular complexity index is 497. The number of nitrogens with one attached hydrogen (secondary N) is 1. The lowest BCUT2D eigenvalue weighted by atomic mass is 9.82. The number of nitriles is 1. The molecule has 2 atom stereocenters. The molecule has 20 heavy (non-hydrogen) atoms. The van der Waals surface area contributed by atoms with Crippen LogP contribution in [0.25, 0.3) is 0 Å². The van der Waals surface area contributed by atoms with Crippen molar-refractivity contribution in [1.82, 2.24) is 5.32 Å². The third-order valence-corrected chi connectivity index (χ3v) is 5.34. The van der Waals surface area contributed by atoms with Crippen molar-refractivity contribution in [3.05, 3.63) is 28.7 Å². The number of hydrogen-bond donors (Lipinski definition) is 1. The standard InChI is InChI=1S/C16H21BrN2S/c1-12(2)19-16(11-18)8-4-7-15(10-16)20-14-6-3-5-13(17)9-14/h3,5-6,9,12,15,19H,4,7-8,10H2,1-2H3. The van der Waals surface area contributed by atoms with Gasteiger partial charge in [0.2, 0.25) is 0 Å². The molecule has 0 radical (unpaired) electrons. The van der Waals surface area contributed by atoms with E-state index in [9.17, 15) is 5.26 Å². The zero-order valence-electron chi connectivity index (χ0n) is 12.0. The highest BCUT2D eigenvalue weighted by Crippen LogP contribution is 2.38. The molecule has 0 aromatic heterocycles.